The lowest BCUT2D eigenvalue weighted by molar-refractivity contribution is -0.110. The second-order valence-electron chi connectivity index (χ2n) is 6.55. The van der Waals surface area contributed by atoms with Gasteiger partial charge in [0.05, 0.1) is 12.6 Å². The Labute approximate surface area is 138 Å². The smallest absolute Gasteiger partial charge is 0.207 e. The molecule has 0 spiro atoms. The highest BCUT2D eigenvalue weighted by atomic mass is 16.3. The van der Waals surface area contributed by atoms with Crippen LogP contribution in [0.25, 0.3) is 0 Å². The van der Waals surface area contributed by atoms with Gasteiger partial charge in [0.2, 0.25) is 6.41 Å². The Morgan fingerprint density at radius 2 is 1.18 bits per heavy atom. The molecule has 0 aliphatic heterocycles. The van der Waals surface area contributed by atoms with Crippen LogP contribution in [0, 0.1) is 0 Å². The van der Waals surface area contributed by atoms with E-state index in [-0.39, 0.29) is 12.6 Å². The molecule has 1 atom stereocenters. The topological polar surface area (TPSA) is 49.3 Å². The third-order valence-corrected chi connectivity index (χ3v) is 4.43. The first-order valence-corrected chi connectivity index (χ1v) is 9.65. The molecule has 0 aromatic rings. The second kappa shape index (κ2) is 18.5. The van der Waals surface area contributed by atoms with E-state index in [0.29, 0.717) is 6.41 Å². The van der Waals surface area contributed by atoms with E-state index in [2.05, 4.69) is 12.2 Å². The van der Waals surface area contributed by atoms with Crippen molar-refractivity contribution < 1.29 is 9.90 Å². The fourth-order valence-electron chi connectivity index (χ4n) is 2.91. The third kappa shape index (κ3) is 15.8. The van der Waals surface area contributed by atoms with Crippen molar-refractivity contribution >= 4 is 6.41 Å². The summed E-state index contributed by atoms with van der Waals surface area (Å²) >= 11 is 0. The summed E-state index contributed by atoms with van der Waals surface area (Å²) in [4.78, 5) is 10.3. The zero-order valence-electron chi connectivity index (χ0n) is 14.8. The molecule has 0 saturated heterocycles. The van der Waals surface area contributed by atoms with E-state index in [1.54, 1.807) is 0 Å². The Balaban J connectivity index is 3.09. The number of amides is 1. The lowest BCUT2D eigenvalue weighted by Crippen LogP contribution is -2.31. The summed E-state index contributed by atoms with van der Waals surface area (Å²) in [6.45, 7) is 2.32. The van der Waals surface area contributed by atoms with Crippen LogP contribution in [-0.2, 0) is 4.79 Å². The number of hydrogen-bond acceptors (Lipinski definition) is 2. The second-order valence-corrected chi connectivity index (χ2v) is 6.55. The van der Waals surface area contributed by atoms with E-state index in [0.717, 1.165) is 12.8 Å². The highest BCUT2D eigenvalue weighted by Gasteiger charge is 2.04. The van der Waals surface area contributed by atoms with Crippen LogP contribution in [0.2, 0.25) is 0 Å². The Morgan fingerprint density at radius 3 is 1.55 bits per heavy atom. The van der Waals surface area contributed by atoms with Gasteiger partial charge in [-0.25, -0.2) is 0 Å². The summed E-state index contributed by atoms with van der Waals surface area (Å²) in [6.07, 6.45) is 20.6. The van der Waals surface area contributed by atoms with Gasteiger partial charge >= 0.3 is 0 Å². The Bertz CT molecular complexity index is 221. The molecule has 0 unspecified atom stereocenters. The Kier molecular flexibility index (Phi) is 18.0. The number of unbranched alkanes of at least 4 members (excludes halogenated alkanes) is 13. The van der Waals surface area contributed by atoms with Gasteiger partial charge < -0.3 is 10.4 Å². The van der Waals surface area contributed by atoms with Crippen LogP contribution in [0.3, 0.4) is 0 Å². The number of aliphatic hydroxyl groups excluding tert-OH is 1. The lowest BCUT2D eigenvalue weighted by atomic mass is 10.0. The number of aliphatic hydroxyl groups is 1. The molecule has 0 fully saturated rings. The van der Waals surface area contributed by atoms with Crippen molar-refractivity contribution in [3.63, 3.8) is 0 Å². The average Bonchev–Trinajstić information content (AvgIpc) is 2.54. The van der Waals surface area contributed by atoms with Crippen molar-refractivity contribution in [2.75, 3.05) is 6.61 Å². The molecule has 0 saturated carbocycles. The molecule has 0 aromatic heterocycles. The predicted octanol–water partition coefficient (Wildman–Crippen LogP) is 4.96. The van der Waals surface area contributed by atoms with Crippen LogP contribution in [-0.4, -0.2) is 24.2 Å². The Hall–Kier alpha value is -0.570. The molecule has 0 bridgehead atoms. The molecule has 0 aliphatic rings. The predicted molar refractivity (Wildman–Crippen MR) is 95.0 cm³/mol. The molecule has 22 heavy (non-hydrogen) atoms. The Morgan fingerprint density at radius 1 is 0.773 bits per heavy atom. The van der Waals surface area contributed by atoms with Crippen LogP contribution in [0.1, 0.15) is 103 Å². The van der Waals surface area contributed by atoms with E-state index in [9.17, 15) is 4.79 Å². The zero-order chi connectivity index (χ0) is 16.3. The van der Waals surface area contributed by atoms with E-state index < -0.39 is 0 Å². The molecule has 2 N–H and O–H groups in total. The van der Waals surface area contributed by atoms with Gasteiger partial charge in [-0.2, -0.15) is 0 Å². The minimum Gasteiger partial charge on any atom is -0.394 e. The minimum absolute atomic E-state index is 0.0465. The van der Waals surface area contributed by atoms with Crippen molar-refractivity contribution in [3.05, 3.63) is 0 Å². The monoisotopic (exact) mass is 313 g/mol. The summed E-state index contributed by atoms with van der Waals surface area (Å²) < 4.78 is 0. The largest absolute Gasteiger partial charge is 0.394 e. The van der Waals surface area contributed by atoms with E-state index >= 15 is 0 Å². The maximum Gasteiger partial charge on any atom is 0.207 e. The van der Waals surface area contributed by atoms with Gasteiger partial charge in [-0.3, -0.25) is 4.79 Å². The standard InChI is InChI=1S/C19H39NO2/c1-2-3-4-5-6-7-8-9-10-11-12-13-14-15-16-19(17-21)20-18-22/h18-19,21H,2-17H2,1H3,(H,20,22)/t19-/m1/s1. The first kappa shape index (κ1) is 21.4. The summed E-state index contributed by atoms with van der Waals surface area (Å²) in [5, 5.41) is 11.7. The zero-order valence-corrected chi connectivity index (χ0v) is 14.8. The normalized spacial score (nSPS) is 12.3. The quantitative estimate of drug-likeness (QED) is 0.277. The number of hydrogen-bond donors (Lipinski definition) is 2. The lowest BCUT2D eigenvalue weighted by Gasteiger charge is -2.12. The molecule has 0 heterocycles. The van der Waals surface area contributed by atoms with Crippen molar-refractivity contribution in [1.29, 1.82) is 0 Å². The molecule has 0 rings (SSSR count). The SMILES string of the molecule is CCCCCCCCCCCCCCCC[C@H](CO)NC=O. The molecule has 0 aliphatic carbocycles. The summed E-state index contributed by atoms with van der Waals surface area (Å²) in [5.74, 6) is 0. The molecule has 3 nitrogen and oxygen atoms in total. The first-order valence-electron chi connectivity index (χ1n) is 9.65. The number of carbonyl (C=O) groups excluding carboxylic acids is 1. The highest BCUT2D eigenvalue weighted by molar-refractivity contribution is 5.46. The van der Waals surface area contributed by atoms with Crippen LogP contribution >= 0.6 is 0 Å². The first-order chi connectivity index (χ1) is 10.8. The summed E-state index contributed by atoms with van der Waals surface area (Å²) in [7, 11) is 0. The van der Waals surface area contributed by atoms with Gasteiger partial charge in [0, 0.05) is 0 Å². The van der Waals surface area contributed by atoms with Gasteiger partial charge in [-0.15, -0.1) is 0 Å². The maximum atomic E-state index is 10.3. The molecular weight excluding hydrogens is 274 g/mol. The van der Waals surface area contributed by atoms with Gasteiger partial charge in [0.15, 0.2) is 0 Å². The van der Waals surface area contributed by atoms with Crippen molar-refractivity contribution in [3.8, 4) is 0 Å². The van der Waals surface area contributed by atoms with Gasteiger partial charge in [-0.05, 0) is 6.42 Å². The van der Waals surface area contributed by atoms with Crippen LogP contribution in [0.5, 0.6) is 0 Å². The van der Waals surface area contributed by atoms with Gasteiger partial charge in [0.1, 0.15) is 0 Å². The highest BCUT2D eigenvalue weighted by Crippen LogP contribution is 2.13. The van der Waals surface area contributed by atoms with Crippen LogP contribution in [0.4, 0.5) is 0 Å². The fraction of sp³-hybridized carbons (Fsp3) is 0.947. The van der Waals surface area contributed by atoms with Crippen molar-refractivity contribution in [1.82, 2.24) is 5.32 Å². The summed E-state index contributed by atoms with van der Waals surface area (Å²) in [5.41, 5.74) is 0. The van der Waals surface area contributed by atoms with Gasteiger partial charge in [-0.1, -0.05) is 96.8 Å². The molecule has 0 aromatic carbocycles. The summed E-state index contributed by atoms with van der Waals surface area (Å²) in [6, 6.07) is -0.0465. The number of nitrogens with one attached hydrogen (secondary N) is 1. The maximum absolute atomic E-state index is 10.3. The van der Waals surface area contributed by atoms with Crippen LogP contribution < -0.4 is 5.32 Å². The average molecular weight is 314 g/mol. The van der Waals surface area contributed by atoms with E-state index in [1.165, 1.54) is 83.5 Å². The molecule has 0 radical (unpaired) electrons. The van der Waals surface area contributed by atoms with E-state index in [4.69, 9.17) is 5.11 Å². The van der Waals surface area contributed by atoms with Crippen LogP contribution in [0.15, 0.2) is 0 Å². The number of rotatable bonds is 18. The molecular formula is C19H39NO2. The number of carbonyl (C=O) groups is 1. The molecule has 3 heteroatoms. The minimum atomic E-state index is -0.0465. The third-order valence-electron chi connectivity index (χ3n) is 4.43. The molecule has 132 valence electrons. The van der Waals surface area contributed by atoms with E-state index in [1.807, 2.05) is 0 Å². The fourth-order valence-corrected chi connectivity index (χ4v) is 2.91. The van der Waals surface area contributed by atoms with Gasteiger partial charge in [0.25, 0.3) is 0 Å². The van der Waals surface area contributed by atoms with Crippen molar-refractivity contribution in [2.24, 2.45) is 0 Å². The molecule has 1 amide bonds. The van der Waals surface area contributed by atoms with Crippen molar-refractivity contribution in [2.45, 2.75) is 109 Å².